The standard InChI is InChI=1S/C9H6IN3O4/c10-7-3-11-5-12(9(7)14)4-6-1-2-8(17-6)13(15)16/h1-3,5H,4H2. The summed E-state index contributed by atoms with van der Waals surface area (Å²) in [7, 11) is 0. The Hall–Kier alpha value is -1.71. The van der Waals surface area contributed by atoms with Gasteiger partial charge >= 0.3 is 5.88 Å². The summed E-state index contributed by atoms with van der Waals surface area (Å²) < 4.78 is 6.76. The zero-order valence-corrected chi connectivity index (χ0v) is 10.5. The van der Waals surface area contributed by atoms with Crippen LogP contribution < -0.4 is 5.56 Å². The molecular weight excluding hydrogens is 341 g/mol. The molecule has 2 rings (SSSR count). The van der Waals surface area contributed by atoms with Gasteiger partial charge in [-0.2, -0.15) is 0 Å². The van der Waals surface area contributed by atoms with E-state index in [1.165, 1.54) is 29.2 Å². The first kappa shape index (κ1) is 11.8. The maximum Gasteiger partial charge on any atom is 0.433 e. The number of rotatable bonds is 3. The quantitative estimate of drug-likeness (QED) is 0.476. The van der Waals surface area contributed by atoms with Gasteiger partial charge in [0, 0.05) is 6.20 Å². The van der Waals surface area contributed by atoms with Gasteiger partial charge in [-0.25, -0.2) is 4.98 Å². The number of aromatic nitrogens is 2. The molecule has 0 fully saturated rings. The summed E-state index contributed by atoms with van der Waals surface area (Å²) in [5.41, 5.74) is -0.209. The van der Waals surface area contributed by atoms with Gasteiger partial charge in [-0.15, -0.1) is 0 Å². The molecule has 0 aliphatic heterocycles. The Balaban J connectivity index is 2.28. The molecule has 0 aliphatic carbocycles. The van der Waals surface area contributed by atoms with E-state index in [0.717, 1.165) is 0 Å². The van der Waals surface area contributed by atoms with Gasteiger partial charge in [0.2, 0.25) is 0 Å². The van der Waals surface area contributed by atoms with Crippen LogP contribution in [-0.2, 0) is 6.54 Å². The highest BCUT2D eigenvalue weighted by atomic mass is 127. The van der Waals surface area contributed by atoms with Crippen LogP contribution in [-0.4, -0.2) is 14.5 Å². The summed E-state index contributed by atoms with van der Waals surface area (Å²) in [4.78, 5) is 25.3. The predicted octanol–water partition coefficient (Wildman–Crippen LogP) is 1.40. The van der Waals surface area contributed by atoms with E-state index in [9.17, 15) is 14.9 Å². The third-order valence-corrected chi connectivity index (χ3v) is 2.75. The zero-order valence-electron chi connectivity index (χ0n) is 8.37. The molecule has 7 nitrogen and oxygen atoms in total. The Morgan fingerprint density at radius 3 is 2.94 bits per heavy atom. The fourth-order valence-corrected chi connectivity index (χ4v) is 1.72. The average molecular weight is 347 g/mol. The molecule has 0 aromatic carbocycles. The van der Waals surface area contributed by atoms with Crippen LogP contribution in [0.15, 0.2) is 33.9 Å². The van der Waals surface area contributed by atoms with Crippen LogP contribution >= 0.6 is 22.6 Å². The highest BCUT2D eigenvalue weighted by molar-refractivity contribution is 14.1. The van der Waals surface area contributed by atoms with E-state index < -0.39 is 4.92 Å². The zero-order chi connectivity index (χ0) is 12.4. The molecule has 0 unspecified atom stereocenters. The van der Waals surface area contributed by atoms with Gasteiger partial charge in [0.15, 0.2) is 0 Å². The topological polar surface area (TPSA) is 91.2 Å². The number of nitrogens with zero attached hydrogens (tertiary/aromatic N) is 3. The van der Waals surface area contributed by atoms with Crippen molar-refractivity contribution in [2.24, 2.45) is 0 Å². The highest BCUT2D eigenvalue weighted by Crippen LogP contribution is 2.15. The van der Waals surface area contributed by atoms with Crippen molar-refractivity contribution < 1.29 is 9.34 Å². The summed E-state index contributed by atoms with van der Waals surface area (Å²) in [6.45, 7) is 0.122. The largest absolute Gasteiger partial charge is 0.433 e. The fourth-order valence-electron chi connectivity index (χ4n) is 1.25. The van der Waals surface area contributed by atoms with E-state index in [1.807, 2.05) is 22.6 Å². The van der Waals surface area contributed by atoms with Crippen LogP contribution in [0.25, 0.3) is 0 Å². The Morgan fingerprint density at radius 1 is 1.53 bits per heavy atom. The lowest BCUT2D eigenvalue weighted by Crippen LogP contribution is -2.22. The summed E-state index contributed by atoms with van der Waals surface area (Å²) >= 11 is 1.87. The summed E-state index contributed by atoms with van der Waals surface area (Å²) in [5.74, 6) is -0.00534. The molecular formula is C9H6IN3O4. The molecule has 0 saturated heterocycles. The molecule has 0 radical (unpaired) electrons. The van der Waals surface area contributed by atoms with Crippen LogP contribution in [0.1, 0.15) is 5.76 Å². The fraction of sp³-hybridized carbons (Fsp3) is 0.111. The van der Waals surface area contributed by atoms with Crippen molar-refractivity contribution in [1.29, 1.82) is 0 Å². The first-order valence-electron chi connectivity index (χ1n) is 4.51. The minimum Gasteiger partial charge on any atom is -0.404 e. The number of furan rings is 1. The van der Waals surface area contributed by atoms with Crippen molar-refractivity contribution >= 4 is 28.5 Å². The van der Waals surface area contributed by atoms with E-state index in [0.29, 0.717) is 9.33 Å². The SMILES string of the molecule is O=c1c(I)cncn1Cc1ccc([N+](=O)[O-])o1. The molecule has 2 heterocycles. The van der Waals surface area contributed by atoms with Crippen molar-refractivity contribution in [3.05, 3.63) is 54.5 Å². The molecule has 2 aromatic heterocycles. The van der Waals surface area contributed by atoms with Gasteiger partial charge < -0.3 is 4.42 Å². The second-order valence-corrected chi connectivity index (χ2v) is 4.33. The first-order chi connectivity index (χ1) is 8.08. The van der Waals surface area contributed by atoms with Gasteiger partial charge in [-0.3, -0.25) is 19.5 Å². The Bertz CT molecular complexity index is 619. The van der Waals surface area contributed by atoms with E-state index in [4.69, 9.17) is 4.42 Å². The molecule has 0 atom stereocenters. The van der Waals surface area contributed by atoms with Gasteiger partial charge in [0.1, 0.15) is 10.7 Å². The summed E-state index contributed by atoms with van der Waals surface area (Å²) in [6.07, 6.45) is 2.81. The lowest BCUT2D eigenvalue weighted by molar-refractivity contribution is -0.402. The lowest BCUT2D eigenvalue weighted by Gasteiger charge is -2.01. The van der Waals surface area contributed by atoms with Gasteiger partial charge in [0.05, 0.1) is 22.5 Å². The monoisotopic (exact) mass is 347 g/mol. The predicted molar refractivity (Wildman–Crippen MR) is 65.7 cm³/mol. The maximum atomic E-state index is 11.7. The summed E-state index contributed by atoms with van der Waals surface area (Å²) in [6, 6.07) is 2.71. The molecule has 0 spiro atoms. The molecule has 2 aromatic rings. The van der Waals surface area contributed by atoms with Crippen LogP contribution in [0, 0.1) is 13.7 Å². The van der Waals surface area contributed by atoms with E-state index in [-0.39, 0.29) is 18.0 Å². The number of halogens is 1. The smallest absolute Gasteiger partial charge is 0.404 e. The van der Waals surface area contributed by atoms with Crippen molar-refractivity contribution in [2.75, 3.05) is 0 Å². The molecule has 0 N–H and O–H groups in total. The third kappa shape index (κ3) is 2.52. The summed E-state index contributed by atoms with van der Waals surface area (Å²) in [5, 5.41) is 10.4. The minimum absolute atomic E-state index is 0.122. The van der Waals surface area contributed by atoms with Gasteiger partial charge in [-0.05, 0) is 28.7 Å². The van der Waals surface area contributed by atoms with Crippen molar-refractivity contribution in [1.82, 2.24) is 9.55 Å². The number of hydrogen-bond donors (Lipinski definition) is 0. The molecule has 0 saturated carbocycles. The first-order valence-corrected chi connectivity index (χ1v) is 5.59. The Kier molecular flexibility index (Phi) is 3.22. The minimum atomic E-state index is -0.626. The van der Waals surface area contributed by atoms with Crippen LogP contribution in [0.4, 0.5) is 5.88 Å². The lowest BCUT2D eigenvalue weighted by atomic mass is 10.4. The molecule has 0 aliphatic rings. The Morgan fingerprint density at radius 2 is 2.29 bits per heavy atom. The normalized spacial score (nSPS) is 10.4. The molecule has 0 bridgehead atoms. The van der Waals surface area contributed by atoms with Crippen LogP contribution in [0.3, 0.4) is 0 Å². The second-order valence-electron chi connectivity index (χ2n) is 3.17. The van der Waals surface area contributed by atoms with E-state index in [2.05, 4.69) is 4.98 Å². The number of hydrogen-bond acceptors (Lipinski definition) is 5. The van der Waals surface area contributed by atoms with Gasteiger partial charge in [-0.1, -0.05) is 0 Å². The molecule has 88 valence electrons. The highest BCUT2D eigenvalue weighted by Gasteiger charge is 2.12. The second kappa shape index (κ2) is 4.65. The number of nitro groups is 1. The van der Waals surface area contributed by atoms with Gasteiger partial charge in [0.25, 0.3) is 5.56 Å². The van der Waals surface area contributed by atoms with Crippen molar-refractivity contribution in [3.63, 3.8) is 0 Å². The third-order valence-electron chi connectivity index (χ3n) is 2.01. The Labute approximate surface area is 108 Å². The van der Waals surface area contributed by atoms with E-state index in [1.54, 1.807) is 0 Å². The van der Waals surface area contributed by atoms with Crippen LogP contribution in [0.2, 0.25) is 0 Å². The molecule has 8 heteroatoms. The van der Waals surface area contributed by atoms with Crippen molar-refractivity contribution in [2.45, 2.75) is 6.54 Å². The molecule has 17 heavy (non-hydrogen) atoms. The van der Waals surface area contributed by atoms with Crippen LogP contribution in [0.5, 0.6) is 0 Å². The maximum absolute atomic E-state index is 11.7. The van der Waals surface area contributed by atoms with E-state index >= 15 is 0 Å². The average Bonchev–Trinajstić information content (AvgIpc) is 2.73. The van der Waals surface area contributed by atoms with Crippen molar-refractivity contribution in [3.8, 4) is 0 Å². The molecule has 0 amide bonds.